The maximum Gasteiger partial charge on any atom is 0.232 e. The van der Waals surface area contributed by atoms with Crippen LogP contribution in [0.4, 0.5) is 17.2 Å². The van der Waals surface area contributed by atoms with Gasteiger partial charge in [0, 0.05) is 25.9 Å². The molecule has 0 aliphatic heterocycles. The second-order valence-corrected chi connectivity index (χ2v) is 10.2. The van der Waals surface area contributed by atoms with E-state index in [0.29, 0.717) is 45.9 Å². The molecule has 0 spiro atoms. The molecule has 1 fully saturated rings. The first-order chi connectivity index (χ1) is 13.7. The average Bonchev–Trinajstić information content (AvgIpc) is 3.43. The van der Waals surface area contributed by atoms with E-state index in [-0.39, 0.29) is 11.9 Å². The maximum absolute atomic E-state index is 12.1. The lowest BCUT2D eigenvalue weighted by molar-refractivity contribution is 0.256. The van der Waals surface area contributed by atoms with Gasteiger partial charge in [-0.25, -0.2) is 13.4 Å². The number of ether oxygens (including phenoxy) is 1. The topological polar surface area (TPSA) is 105 Å². The van der Waals surface area contributed by atoms with E-state index in [2.05, 4.69) is 31.2 Å². The van der Waals surface area contributed by atoms with Gasteiger partial charge in [-0.3, -0.25) is 4.31 Å². The molecule has 1 aromatic carbocycles. The summed E-state index contributed by atoms with van der Waals surface area (Å²) >= 11 is 9.21. The van der Waals surface area contributed by atoms with E-state index >= 15 is 0 Å². The van der Waals surface area contributed by atoms with E-state index in [4.69, 9.17) is 21.4 Å². The van der Waals surface area contributed by atoms with Gasteiger partial charge < -0.3 is 15.2 Å². The Morgan fingerprint density at radius 2 is 2.17 bits per heavy atom. The summed E-state index contributed by atoms with van der Waals surface area (Å²) in [6.07, 6.45) is 4.52. The number of anilines is 3. The molecule has 158 valence electrons. The molecule has 2 N–H and O–H groups in total. The van der Waals surface area contributed by atoms with Crippen molar-refractivity contribution in [1.29, 1.82) is 0 Å². The molecule has 0 bridgehead atoms. The number of benzene rings is 1. The monoisotopic (exact) mass is 504 g/mol. The van der Waals surface area contributed by atoms with Crippen LogP contribution < -0.4 is 14.4 Å². The summed E-state index contributed by atoms with van der Waals surface area (Å²) in [5.41, 5.74) is 0.926. The van der Waals surface area contributed by atoms with E-state index in [1.165, 1.54) is 17.5 Å². The van der Waals surface area contributed by atoms with Crippen LogP contribution in [0.5, 0.6) is 5.75 Å². The van der Waals surface area contributed by atoms with Gasteiger partial charge in [-0.05, 0) is 64.3 Å². The molecule has 0 radical (unpaired) electrons. The highest BCUT2D eigenvalue weighted by Crippen LogP contribution is 2.41. The first kappa shape index (κ1) is 22.1. The molecular formula is C18H22BrClN4O4S. The summed E-state index contributed by atoms with van der Waals surface area (Å²) in [6, 6.07) is 5.15. The number of aliphatic hydroxyl groups is 1. The van der Waals surface area contributed by atoms with Crippen LogP contribution in [0.3, 0.4) is 0 Å². The van der Waals surface area contributed by atoms with Crippen molar-refractivity contribution in [2.24, 2.45) is 11.8 Å². The molecule has 2 aromatic rings. The molecule has 2 atom stereocenters. The van der Waals surface area contributed by atoms with Crippen LogP contribution in [0.1, 0.15) is 12.8 Å². The van der Waals surface area contributed by atoms with E-state index in [0.717, 1.165) is 19.1 Å². The summed E-state index contributed by atoms with van der Waals surface area (Å²) in [6.45, 7) is 0.722. The highest BCUT2D eigenvalue weighted by Gasteiger charge is 2.35. The number of nitrogens with zero attached hydrogens (tertiary/aromatic N) is 3. The van der Waals surface area contributed by atoms with Crippen molar-refractivity contribution in [3.8, 4) is 5.75 Å². The predicted octanol–water partition coefficient (Wildman–Crippen LogP) is 3.43. The van der Waals surface area contributed by atoms with Crippen LogP contribution in [-0.2, 0) is 10.0 Å². The van der Waals surface area contributed by atoms with Crippen molar-refractivity contribution in [3.63, 3.8) is 0 Å². The molecule has 2 unspecified atom stereocenters. The van der Waals surface area contributed by atoms with E-state index in [1.807, 2.05) is 0 Å². The Balaban J connectivity index is 1.82. The van der Waals surface area contributed by atoms with Crippen LogP contribution in [0.2, 0.25) is 5.28 Å². The number of hydrogen-bond acceptors (Lipinski definition) is 7. The molecule has 8 nitrogen and oxygen atoms in total. The van der Waals surface area contributed by atoms with Crippen molar-refractivity contribution in [3.05, 3.63) is 34.2 Å². The molecule has 1 aromatic heterocycles. The highest BCUT2D eigenvalue weighted by atomic mass is 79.9. The first-order valence-electron chi connectivity index (χ1n) is 8.95. The fourth-order valence-electron chi connectivity index (χ4n) is 2.92. The minimum absolute atomic E-state index is 0.0648. The van der Waals surface area contributed by atoms with Crippen LogP contribution in [0.15, 0.2) is 28.9 Å². The summed E-state index contributed by atoms with van der Waals surface area (Å²) in [7, 11) is -2.03. The van der Waals surface area contributed by atoms with Crippen molar-refractivity contribution in [1.82, 2.24) is 9.97 Å². The Morgan fingerprint density at radius 3 is 2.83 bits per heavy atom. The van der Waals surface area contributed by atoms with Crippen LogP contribution in [0, 0.1) is 11.8 Å². The van der Waals surface area contributed by atoms with E-state index < -0.39 is 10.0 Å². The Kier molecular flexibility index (Phi) is 6.87. The third-order valence-corrected chi connectivity index (χ3v) is 6.79. The molecular weight excluding hydrogens is 484 g/mol. The molecule has 29 heavy (non-hydrogen) atoms. The number of rotatable bonds is 9. The quantitative estimate of drug-likeness (QED) is 0.503. The lowest BCUT2D eigenvalue weighted by Crippen LogP contribution is -2.25. The van der Waals surface area contributed by atoms with Crippen molar-refractivity contribution >= 4 is 54.7 Å². The molecule has 3 rings (SSSR count). The summed E-state index contributed by atoms with van der Waals surface area (Å²) < 4.78 is 31.8. The molecule has 1 aliphatic carbocycles. The molecule has 0 saturated heterocycles. The SMILES string of the molecule is CN(c1cc(OCCC2CC2CO)ccc1Nc1nc(Cl)ncc1Br)S(C)(=O)=O. The highest BCUT2D eigenvalue weighted by molar-refractivity contribution is 9.10. The van der Waals surface area contributed by atoms with Gasteiger partial charge in [0.2, 0.25) is 15.3 Å². The minimum Gasteiger partial charge on any atom is -0.494 e. The van der Waals surface area contributed by atoms with E-state index in [9.17, 15) is 8.42 Å². The number of hydrogen-bond donors (Lipinski definition) is 2. The van der Waals surface area contributed by atoms with E-state index in [1.54, 1.807) is 18.2 Å². The van der Waals surface area contributed by atoms with Crippen molar-refractivity contribution in [2.45, 2.75) is 12.8 Å². The number of nitrogens with one attached hydrogen (secondary N) is 1. The lowest BCUT2D eigenvalue weighted by atomic mass is 10.2. The number of aliphatic hydroxyl groups excluding tert-OH is 1. The van der Waals surface area contributed by atoms with Crippen molar-refractivity contribution in [2.75, 3.05) is 36.1 Å². The van der Waals surface area contributed by atoms with Crippen LogP contribution in [0.25, 0.3) is 0 Å². The lowest BCUT2D eigenvalue weighted by Gasteiger charge is -2.22. The third-order valence-electron chi connectivity index (χ3n) is 4.83. The second-order valence-electron chi connectivity index (χ2n) is 6.95. The van der Waals surface area contributed by atoms with Crippen LogP contribution >= 0.6 is 27.5 Å². The van der Waals surface area contributed by atoms with Gasteiger partial charge in [-0.15, -0.1) is 0 Å². The molecule has 0 amide bonds. The predicted molar refractivity (Wildman–Crippen MR) is 117 cm³/mol. The van der Waals surface area contributed by atoms with Crippen LogP contribution in [-0.4, -0.2) is 50.0 Å². The average molecular weight is 506 g/mol. The smallest absolute Gasteiger partial charge is 0.232 e. The zero-order valence-electron chi connectivity index (χ0n) is 16.0. The molecule has 1 aliphatic rings. The zero-order valence-corrected chi connectivity index (χ0v) is 19.1. The molecule has 11 heteroatoms. The first-order valence-corrected chi connectivity index (χ1v) is 12.0. The normalized spacial score (nSPS) is 18.4. The van der Waals surface area contributed by atoms with Crippen molar-refractivity contribution < 1.29 is 18.3 Å². The number of sulfonamides is 1. The summed E-state index contributed by atoms with van der Waals surface area (Å²) in [5.74, 6) is 1.85. The molecule has 1 heterocycles. The van der Waals surface area contributed by atoms with Gasteiger partial charge in [0.05, 0.1) is 28.7 Å². The van der Waals surface area contributed by atoms with Gasteiger partial charge in [0.1, 0.15) is 11.6 Å². The minimum atomic E-state index is -3.50. The number of aromatic nitrogens is 2. The Morgan fingerprint density at radius 1 is 1.41 bits per heavy atom. The largest absolute Gasteiger partial charge is 0.494 e. The van der Waals surface area contributed by atoms with Gasteiger partial charge in [0.15, 0.2) is 0 Å². The van der Waals surface area contributed by atoms with Gasteiger partial charge in [-0.1, -0.05) is 0 Å². The summed E-state index contributed by atoms with van der Waals surface area (Å²) in [4.78, 5) is 8.00. The fourth-order valence-corrected chi connectivity index (χ4v) is 3.85. The maximum atomic E-state index is 12.1. The standard InChI is InChI=1S/C18H22BrClN4O4S/c1-24(29(2,26)27)16-8-13(28-6-5-11-7-12(11)10-25)3-4-15(16)22-17-14(19)9-21-18(20)23-17/h3-4,8-9,11-12,25H,5-7,10H2,1-2H3,(H,21,22,23). The zero-order chi connectivity index (χ0) is 21.2. The fraction of sp³-hybridized carbons (Fsp3) is 0.444. The number of halogens is 2. The van der Waals surface area contributed by atoms with Gasteiger partial charge in [-0.2, -0.15) is 4.98 Å². The Labute approximate surface area is 183 Å². The molecule has 1 saturated carbocycles. The Hall–Kier alpha value is -1.62. The van der Waals surface area contributed by atoms with Gasteiger partial charge in [0.25, 0.3) is 0 Å². The third kappa shape index (κ3) is 5.71. The Bertz CT molecular complexity index is 992. The summed E-state index contributed by atoms with van der Waals surface area (Å²) in [5, 5.41) is 12.3. The second kappa shape index (κ2) is 9.03. The van der Waals surface area contributed by atoms with Gasteiger partial charge >= 0.3 is 0 Å².